The summed E-state index contributed by atoms with van der Waals surface area (Å²) in [5, 5.41) is 4.35. The summed E-state index contributed by atoms with van der Waals surface area (Å²) in [6.07, 6.45) is 4.80. The van der Waals surface area contributed by atoms with Crippen LogP contribution in [-0.2, 0) is 27.7 Å². The van der Waals surface area contributed by atoms with Crippen molar-refractivity contribution in [3.05, 3.63) is 41.0 Å². The van der Waals surface area contributed by atoms with Gasteiger partial charge in [-0.1, -0.05) is 6.92 Å². The molecule has 3 aromatic rings. The highest BCUT2D eigenvalue weighted by atomic mass is 32.2. The van der Waals surface area contributed by atoms with Gasteiger partial charge in [0.2, 0.25) is 5.91 Å². The van der Waals surface area contributed by atoms with Crippen LogP contribution in [0.5, 0.6) is 0 Å². The molecule has 1 aliphatic carbocycles. The Balaban J connectivity index is 1.65. The number of rotatable bonds is 4. The first-order valence-electron chi connectivity index (χ1n) is 8.99. The lowest BCUT2D eigenvalue weighted by atomic mass is 9.89. The quantitative estimate of drug-likeness (QED) is 0.676. The number of hydrogen-bond donors (Lipinski definition) is 2. The van der Waals surface area contributed by atoms with E-state index < -0.39 is 15.9 Å². The number of benzene rings is 1. The zero-order chi connectivity index (χ0) is 19.9. The van der Waals surface area contributed by atoms with Gasteiger partial charge in [0, 0.05) is 17.5 Å². The molecule has 1 unspecified atom stereocenters. The van der Waals surface area contributed by atoms with Crippen LogP contribution in [0.25, 0.3) is 10.2 Å². The van der Waals surface area contributed by atoms with E-state index in [9.17, 15) is 13.2 Å². The number of aromatic nitrogens is 2. The van der Waals surface area contributed by atoms with Gasteiger partial charge < -0.3 is 5.32 Å². The Hall–Kier alpha value is -2.52. The van der Waals surface area contributed by atoms with Gasteiger partial charge in [-0.2, -0.15) is 0 Å². The van der Waals surface area contributed by atoms with Gasteiger partial charge in [0.05, 0.1) is 10.3 Å². The number of aryl methyl sites for hydroxylation is 1. The normalized spacial score (nSPS) is 16.6. The predicted molar refractivity (Wildman–Crippen MR) is 109 cm³/mol. The van der Waals surface area contributed by atoms with Gasteiger partial charge in [-0.3, -0.25) is 4.79 Å². The number of nitrogens with zero attached hydrogens (tertiary/aromatic N) is 2. The third kappa shape index (κ3) is 3.59. The maximum atomic E-state index is 12.1. The molecule has 0 saturated heterocycles. The SMILES string of the molecule is CC(=O)NS(=O)(=O)c1ccc(Nc2ncnc3sc4c(c23)CCC(C)C4)cc1. The first kappa shape index (κ1) is 18.8. The van der Waals surface area contributed by atoms with Crippen molar-refractivity contribution in [1.82, 2.24) is 14.7 Å². The van der Waals surface area contributed by atoms with E-state index in [2.05, 4.69) is 22.2 Å². The van der Waals surface area contributed by atoms with E-state index >= 15 is 0 Å². The van der Waals surface area contributed by atoms with Gasteiger partial charge in [0.25, 0.3) is 10.0 Å². The molecule has 1 atom stereocenters. The van der Waals surface area contributed by atoms with E-state index in [1.165, 1.54) is 22.6 Å². The molecule has 4 rings (SSSR count). The Morgan fingerprint density at radius 2 is 1.96 bits per heavy atom. The fourth-order valence-electron chi connectivity index (χ4n) is 3.47. The lowest BCUT2D eigenvalue weighted by Gasteiger charge is -2.18. The zero-order valence-corrected chi connectivity index (χ0v) is 17.2. The van der Waals surface area contributed by atoms with Crippen LogP contribution in [0.2, 0.25) is 0 Å². The largest absolute Gasteiger partial charge is 0.340 e. The number of sulfonamides is 1. The van der Waals surface area contributed by atoms with Gasteiger partial charge in [0.15, 0.2) is 0 Å². The zero-order valence-electron chi connectivity index (χ0n) is 15.5. The molecule has 0 aliphatic heterocycles. The highest BCUT2D eigenvalue weighted by Crippen LogP contribution is 2.40. The number of amides is 1. The number of nitrogens with one attached hydrogen (secondary N) is 2. The van der Waals surface area contributed by atoms with Crippen LogP contribution in [0.3, 0.4) is 0 Å². The van der Waals surface area contributed by atoms with Crippen LogP contribution in [0, 0.1) is 5.92 Å². The molecule has 0 bridgehead atoms. The average Bonchev–Trinajstić information content (AvgIpc) is 2.99. The van der Waals surface area contributed by atoms with Crippen LogP contribution in [0.15, 0.2) is 35.5 Å². The molecule has 0 fully saturated rings. The minimum Gasteiger partial charge on any atom is -0.340 e. The summed E-state index contributed by atoms with van der Waals surface area (Å²) in [6, 6.07) is 6.22. The van der Waals surface area contributed by atoms with Gasteiger partial charge in [0.1, 0.15) is 17.0 Å². The minimum absolute atomic E-state index is 0.0305. The van der Waals surface area contributed by atoms with E-state index in [0.29, 0.717) is 11.6 Å². The molecule has 2 N–H and O–H groups in total. The van der Waals surface area contributed by atoms with Crippen LogP contribution >= 0.6 is 11.3 Å². The molecule has 146 valence electrons. The van der Waals surface area contributed by atoms with Crippen LogP contribution in [-0.4, -0.2) is 24.3 Å². The number of carbonyl (C=O) groups is 1. The minimum atomic E-state index is -3.84. The molecule has 28 heavy (non-hydrogen) atoms. The van der Waals surface area contributed by atoms with Crippen molar-refractivity contribution >= 4 is 49.0 Å². The number of fused-ring (bicyclic) bond motifs is 3. The van der Waals surface area contributed by atoms with E-state index in [1.807, 2.05) is 4.72 Å². The summed E-state index contributed by atoms with van der Waals surface area (Å²) >= 11 is 1.73. The van der Waals surface area contributed by atoms with Crippen molar-refractivity contribution in [2.45, 2.75) is 38.0 Å². The molecule has 1 amide bonds. The average molecular weight is 417 g/mol. The van der Waals surface area contributed by atoms with Crippen molar-refractivity contribution < 1.29 is 13.2 Å². The monoisotopic (exact) mass is 416 g/mol. The van der Waals surface area contributed by atoms with E-state index in [1.54, 1.807) is 29.8 Å². The Bertz CT molecular complexity index is 1150. The number of thiophene rings is 1. The molecular formula is C19H20N4O3S2. The molecule has 7 nitrogen and oxygen atoms in total. The Labute approximate surface area is 167 Å². The molecule has 1 aliphatic rings. The van der Waals surface area contributed by atoms with Crippen LogP contribution < -0.4 is 10.0 Å². The summed E-state index contributed by atoms with van der Waals surface area (Å²) in [5.41, 5.74) is 2.04. The summed E-state index contributed by atoms with van der Waals surface area (Å²) in [6.45, 7) is 3.44. The maximum Gasteiger partial charge on any atom is 0.264 e. The molecule has 1 aromatic carbocycles. The van der Waals surface area contributed by atoms with Crippen molar-refractivity contribution in [2.75, 3.05) is 5.32 Å². The second kappa shape index (κ2) is 7.14. The predicted octanol–water partition coefficient (Wildman–Crippen LogP) is 3.38. The second-order valence-electron chi connectivity index (χ2n) is 7.07. The summed E-state index contributed by atoms with van der Waals surface area (Å²) in [4.78, 5) is 22.3. The van der Waals surface area contributed by atoms with E-state index in [0.717, 1.165) is 42.2 Å². The van der Waals surface area contributed by atoms with Crippen LogP contribution in [0.1, 0.15) is 30.7 Å². The van der Waals surface area contributed by atoms with Gasteiger partial charge in [-0.25, -0.2) is 23.1 Å². The van der Waals surface area contributed by atoms with Gasteiger partial charge >= 0.3 is 0 Å². The van der Waals surface area contributed by atoms with Gasteiger partial charge in [-0.15, -0.1) is 11.3 Å². The molecule has 0 saturated carbocycles. The highest BCUT2D eigenvalue weighted by Gasteiger charge is 2.23. The fourth-order valence-corrected chi connectivity index (χ4v) is 5.81. The molecule has 0 radical (unpaired) electrons. The molecule has 0 spiro atoms. The van der Waals surface area contributed by atoms with Crippen molar-refractivity contribution in [1.29, 1.82) is 0 Å². The maximum absolute atomic E-state index is 12.1. The number of hydrogen-bond acceptors (Lipinski definition) is 7. The highest BCUT2D eigenvalue weighted by molar-refractivity contribution is 7.90. The van der Waals surface area contributed by atoms with Gasteiger partial charge in [-0.05, 0) is 55.0 Å². The summed E-state index contributed by atoms with van der Waals surface area (Å²) in [7, 11) is -3.84. The first-order valence-corrected chi connectivity index (χ1v) is 11.3. The third-order valence-electron chi connectivity index (χ3n) is 4.80. The summed E-state index contributed by atoms with van der Waals surface area (Å²) < 4.78 is 26.1. The molecule has 2 aromatic heterocycles. The van der Waals surface area contributed by atoms with E-state index in [-0.39, 0.29) is 4.90 Å². The van der Waals surface area contributed by atoms with Crippen molar-refractivity contribution in [3.8, 4) is 0 Å². The number of carbonyl (C=O) groups excluding carboxylic acids is 1. The van der Waals surface area contributed by atoms with Crippen molar-refractivity contribution in [2.24, 2.45) is 5.92 Å². The standard InChI is InChI=1S/C19H20N4O3S2/c1-11-3-8-15-16(9-11)27-19-17(15)18(20-10-21-19)22-13-4-6-14(7-5-13)28(25,26)23-12(2)24/h4-7,10-11H,3,8-9H2,1-2H3,(H,23,24)(H,20,21,22). The van der Waals surface area contributed by atoms with Crippen LogP contribution in [0.4, 0.5) is 11.5 Å². The molecule has 9 heteroatoms. The lowest BCUT2D eigenvalue weighted by molar-refractivity contribution is -0.117. The second-order valence-corrected chi connectivity index (χ2v) is 9.83. The topological polar surface area (TPSA) is 101 Å². The third-order valence-corrected chi connectivity index (χ3v) is 7.41. The number of anilines is 2. The Morgan fingerprint density at radius 1 is 1.21 bits per heavy atom. The first-order chi connectivity index (χ1) is 13.3. The smallest absolute Gasteiger partial charge is 0.264 e. The fraction of sp³-hybridized carbons (Fsp3) is 0.316. The molecule has 2 heterocycles. The Kier molecular flexibility index (Phi) is 4.80. The molecular weight excluding hydrogens is 396 g/mol. The Morgan fingerprint density at radius 3 is 2.68 bits per heavy atom. The lowest BCUT2D eigenvalue weighted by Crippen LogP contribution is -2.28. The van der Waals surface area contributed by atoms with Crippen molar-refractivity contribution in [3.63, 3.8) is 0 Å². The van der Waals surface area contributed by atoms with E-state index in [4.69, 9.17) is 0 Å². The summed E-state index contributed by atoms with van der Waals surface area (Å²) in [5.74, 6) is 0.791.